The molecule has 110 valence electrons. The quantitative estimate of drug-likeness (QED) is 0.582. The minimum Gasteiger partial charge on any atom is -0.382 e. The van der Waals surface area contributed by atoms with Crippen LogP contribution in [0.1, 0.15) is 23.5 Å². The first kappa shape index (κ1) is 17.0. The molecular weight excluding hydrogens is 306 g/mol. The van der Waals surface area contributed by atoms with E-state index in [2.05, 4.69) is 0 Å². The van der Waals surface area contributed by atoms with Crippen molar-refractivity contribution in [2.45, 2.75) is 24.2 Å². The fraction of sp³-hybridized carbons (Fsp3) is 0.636. The van der Waals surface area contributed by atoms with Crippen LogP contribution in [0.2, 0.25) is 0 Å². The Hall–Kier alpha value is -0.0900. The van der Waals surface area contributed by atoms with Crippen molar-refractivity contribution in [3.8, 4) is 0 Å². The van der Waals surface area contributed by atoms with Gasteiger partial charge < -0.3 is 14.2 Å². The molecule has 19 heavy (non-hydrogen) atoms. The van der Waals surface area contributed by atoms with E-state index in [1.54, 1.807) is 13.2 Å². The lowest BCUT2D eigenvalue weighted by atomic mass is 10.2. The van der Waals surface area contributed by atoms with Crippen LogP contribution in [0.4, 0.5) is 0 Å². The average Bonchev–Trinajstić information content (AvgIpc) is 2.70. The van der Waals surface area contributed by atoms with E-state index < -0.39 is 8.68 Å². The summed E-state index contributed by atoms with van der Waals surface area (Å²) in [6.07, 6.45) is -0.163. The molecule has 0 aliphatic carbocycles. The highest BCUT2D eigenvalue weighted by Gasteiger charge is 2.16. The Labute approximate surface area is 122 Å². The smallest absolute Gasteiger partial charge is 0.147 e. The van der Waals surface area contributed by atoms with Gasteiger partial charge in [0.05, 0.1) is 19.3 Å². The number of hydrogen-bond acceptors (Lipinski definition) is 6. The van der Waals surface area contributed by atoms with Crippen LogP contribution in [0.3, 0.4) is 0 Å². The second-order valence-electron chi connectivity index (χ2n) is 3.95. The summed E-state index contributed by atoms with van der Waals surface area (Å²) in [7, 11) is -1.21. The maximum absolute atomic E-state index is 11.6. The molecule has 1 heterocycles. The number of ether oxygens (including phenoxy) is 3. The molecule has 0 bridgehead atoms. The Kier molecular flexibility index (Phi) is 6.81. The van der Waals surface area contributed by atoms with Gasteiger partial charge in [0.15, 0.2) is 0 Å². The highest BCUT2D eigenvalue weighted by molar-refractivity contribution is 8.32. The van der Waals surface area contributed by atoms with E-state index in [-0.39, 0.29) is 12.9 Å². The third-order valence-electron chi connectivity index (χ3n) is 2.49. The Balaban J connectivity index is 2.57. The van der Waals surface area contributed by atoms with Crippen LogP contribution in [0, 0.1) is 6.92 Å². The minimum atomic E-state index is -2.82. The second kappa shape index (κ2) is 7.63. The van der Waals surface area contributed by atoms with Crippen LogP contribution < -0.4 is 5.14 Å². The fourth-order valence-corrected chi connectivity index (χ4v) is 3.86. The molecule has 0 aliphatic heterocycles. The maximum Gasteiger partial charge on any atom is 0.147 e. The number of methoxy groups -OCH3 is 1. The predicted octanol–water partition coefficient (Wildman–Crippen LogP) is 1.73. The van der Waals surface area contributed by atoms with Gasteiger partial charge in [-0.2, -0.15) is 0 Å². The van der Waals surface area contributed by atoms with Gasteiger partial charge in [0, 0.05) is 23.2 Å². The molecule has 8 heteroatoms. The van der Waals surface area contributed by atoms with Crippen molar-refractivity contribution in [1.29, 1.82) is 0 Å². The monoisotopic (exact) mass is 325 g/mol. The van der Waals surface area contributed by atoms with E-state index in [9.17, 15) is 4.21 Å². The molecule has 0 radical (unpaired) electrons. The molecule has 0 aliphatic rings. The zero-order valence-corrected chi connectivity index (χ0v) is 13.7. The number of nitrogens with two attached hydrogens (primary N) is 1. The van der Waals surface area contributed by atoms with Crippen molar-refractivity contribution in [3.63, 3.8) is 0 Å². The van der Waals surface area contributed by atoms with Crippen molar-refractivity contribution in [1.82, 2.24) is 0 Å². The fourth-order valence-electron chi connectivity index (χ4n) is 1.45. The zero-order chi connectivity index (χ0) is 14.5. The molecule has 1 aromatic heterocycles. The number of hydrogen-bond donors (Lipinski definition) is 1. The van der Waals surface area contributed by atoms with Gasteiger partial charge in [-0.05, 0) is 25.5 Å². The lowest BCUT2D eigenvalue weighted by Crippen LogP contribution is -2.09. The molecule has 0 saturated heterocycles. The van der Waals surface area contributed by atoms with Gasteiger partial charge in [-0.3, -0.25) is 0 Å². The largest absolute Gasteiger partial charge is 0.382 e. The van der Waals surface area contributed by atoms with Crippen LogP contribution >= 0.6 is 11.3 Å². The summed E-state index contributed by atoms with van der Waals surface area (Å²) >= 11 is 6.13. The Morgan fingerprint density at radius 3 is 2.74 bits per heavy atom. The lowest BCUT2D eigenvalue weighted by Gasteiger charge is -2.13. The van der Waals surface area contributed by atoms with Gasteiger partial charge in [-0.15, -0.1) is 11.3 Å². The molecule has 2 N–H and O–H groups in total. The third kappa shape index (κ3) is 5.42. The second-order valence-corrected chi connectivity index (χ2v) is 8.48. The van der Waals surface area contributed by atoms with Crippen molar-refractivity contribution in [3.05, 3.63) is 16.5 Å². The van der Waals surface area contributed by atoms with Crippen molar-refractivity contribution in [2.75, 3.05) is 27.1 Å². The maximum atomic E-state index is 11.6. The van der Waals surface area contributed by atoms with Gasteiger partial charge in [-0.1, -0.05) is 0 Å². The molecule has 1 aromatic rings. The SMILES string of the molecule is COCCOCOC(C)c1cc(S(N)(=O)=S)sc1C. The predicted molar refractivity (Wildman–Crippen MR) is 79.2 cm³/mol. The van der Waals surface area contributed by atoms with Crippen molar-refractivity contribution < 1.29 is 18.4 Å². The van der Waals surface area contributed by atoms with Crippen LogP contribution in [0.5, 0.6) is 0 Å². The Bertz CT molecular complexity index is 498. The number of aryl methyl sites for hydroxylation is 1. The molecule has 0 fully saturated rings. The van der Waals surface area contributed by atoms with Gasteiger partial charge in [-0.25, -0.2) is 9.35 Å². The summed E-state index contributed by atoms with van der Waals surface area (Å²) in [5.41, 5.74) is 0.943. The summed E-state index contributed by atoms with van der Waals surface area (Å²) in [6, 6.07) is 1.76. The van der Waals surface area contributed by atoms with Gasteiger partial charge in [0.2, 0.25) is 0 Å². The first-order valence-electron chi connectivity index (χ1n) is 5.67. The molecule has 0 saturated carbocycles. The normalized spacial score (nSPS) is 16.2. The van der Waals surface area contributed by atoms with Gasteiger partial charge >= 0.3 is 0 Å². The summed E-state index contributed by atoms with van der Waals surface area (Å²) in [6.45, 7) is 5.03. The van der Waals surface area contributed by atoms with E-state index in [0.717, 1.165) is 10.4 Å². The molecule has 5 nitrogen and oxygen atoms in total. The highest BCUT2D eigenvalue weighted by Crippen LogP contribution is 2.30. The first-order valence-corrected chi connectivity index (χ1v) is 9.04. The third-order valence-corrected chi connectivity index (χ3v) is 5.87. The average molecular weight is 325 g/mol. The van der Waals surface area contributed by atoms with Gasteiger partial charge in [0.25, 0.3) is 0 Å². The van der Waals surface area contributed by atoms with E-state index in [0.29, 0.717) is 17.4 Å². The molecule has 0 amide bonds. The molecule has 0 spiro atoms. The lowest BCUT2D eigenvalue weighted by molar-refractivity contribution is -0.0938. The van der Waals surface area contributed by atoms with Crippen LogP contribution in [-0.4, -0.2) is 31.3 Å². The summed E-state index contributed by atoms with van der Waals surface area (Å²) < 4.78 is 27.8. The molecule has 1 rings (SSSR count). The van der Waals surface area contributed by atoms with Crippen LogP contribution in [0.25, 0.3) is 0 Å². The highest BCUT2D eigenvalue weighted by atomic mass is 32.8. The van der Waals surface area contributed by atoms with Crippen molar-refractivity contribution in [2.24, 2.45) is 5.14 Å². The molecule has 2 atom stereocenters. The van der Waals surface area contributed by atoms with E-state index >= 15 is 0 Å². The van der Waals surface area contributed by atoms with Crippen LogP contribution in [0.15, 0.2) is 10.3 Å². The minimum absolute atomic E-state index is 0.163. The standard InChI is InChI=1S/C11H19NO4S3/c1-8(16-7-15-5-4-14-3)10-6-11(18-9(10)2)19(12,13)17/h6,8H,4-5,7H2,1-3H3,(H2,12,13,17). The van der Waals surface area contributed by atoms with E-state index in [4.69, 9.17) is 30.5 Å². The molecular formula is C11H19NO4S3. The first-order chi connectivity index (χ1) is 8.86. The topological polar surface area (TPSA) is 70.8 Å². The van der Waals surface area contributed by atoms with E-state index in [1.807, 2.05) is 13.8 Å². The zero-order valence-electron chi connectivity index (χ0n) is 11.2. The summed E-state index contributed by atoms with van der Waals surface area (Å²) in [5, 5.41) is 5.47. The number of rotatable bonds is 8. The Morgan fingerprint density at radius 1 is 1.53 bits per heavy atom. The summed E-state index contributed by atoms with van der Waals surface area (Å²) in [4.78, 5) is 1.00. The number of thiophene rings is 1. The summed E-state index contributed by atoms with van der Waals surface area (Å²) in [5.74, 6) is 0. The van der Waals surface area contributed by atoms with E-state index in [1.165, 1.54) is 11.3 Å². The molecule has 0 aromatic carbocycles. The van der Waals surface area contributed by atoms with Gasteiger partial charge in [0.1, 0.15) is 19.7 Å². The Morgan fingerprint density at radius 2 is 2.21 bits per heavy atom. The molecule has 2 unspecified atom stereocenters. The van der Waals surface area contributed by atoms with Crippen LogP contribution in [-0.2, 0) is 34.1 Å². The van der Waals surface area contributed by atoms with Crippen molar-refractivity contribution >= 4 is 31.2 Å².